The smallest absolute Gasteiger partial charge is 0.417 e. The molecule has 1 amide bonds. The first-order valence-corrected chi connectivity index (χ1v) is 12.2. The summed E-state index contributed by atoms with van der Waals surface area (Å²) in [5, 5.41) is 26.7. The first kappa shape index (κ1) is 27.4. The Balaban J connectivity index is 1.57. The molecule has 4 aromatic rings. The number of aryl methyl sites for hydroxylation is 2. The quantitative estimate of drug-likeness (QED) is 0.119. The van der Waals surface area contributed by atoms with Gasteiger partial charge in [0.1, 0.15) is 11.6 Å². The maximum absolute atomic E-state index is 14.0. The second-order valence-corrected chi connectivity index (χ2v) is 9.51. The average molecular weight is 564 g/mol. The van der Waals surface area contributed by atoms with Gasteiger partial charge >= 0.3 is 12.1 Å². The van der Waals surface area contributed by atoms with E-state index in [-0.39, 0.29) is 50.7 Å². The normalized spacial score (nSPS) is 13.7. The number of hydrogen-bond acceptors (Lipinski definition) is 5. The molecule has 0 saturated heterocycles. The summed E-state index contributed by atoms with van der Waals surface area (Å²) in [6, 6.07) is 14.8. The van der Waals surface area contributed by atoms with Crippen LogP contribution in [0.5, 0.6) is 5.75 Å². The van der Waals surface area contributed by atoms with Crippen LogP contribution in [0.2, 0.25) is 0 Å². The fourth-order valence-corrected chi connectivity index (χ4v) is 4.83. The van der Waals surface area contributed by atoms with Gasteiger partial charge in [0.15, 0.2) is 5.71 Å². The molecule has 4 aromatic carbocycles. The van der Waals surface area contributed by atoms with Crippen molar-refractivity contribution in [2.75, 3.05) is 10.7 Å². The summed E-state index contributed by atoms with van der Waals surface area (Å²) in [7, 11) is 0. The van der Waals surface area contributed by atoms with E-state index >= 15 is 0 Å². The lowest BCUT2D eigenvalue weighted by atomic mass is 9.92. The summed E-state index contributed by atoms with van der Waals surface area (Å²) in [6.45, 7) is 3.52. The molecule has 5 rings (SSSR count). The molecular weight excluding hydrogens is 542 g/mol. The van der Waals surface area contributed by atoms with Crippen LogP contribution in [0.25, 0.3) is 22.3 Å². The number of nitrogens with one attached hydrogen (secondary N) is 2. The van der Waals surface area contributed by atoms with E-state index in [2.05, 4.69) is 15.8 Å². The van der Waals surface area contributed by atoms with Gasteiger partial charge in [-0.3, -0.25) is 10.2 Å². The van der Waals surface area contributed by atoms with Gasteiger partial charge in [0, 0.05) is 16.7 Å². The largest absolute Gasteiger partial charge is 0.505 e. The van der Waals surface area contributed by atoms with Crippen LogP contribution in [0.3, 0.4) is 0 Å². The molecule has 41 heavy (non-hydrogen) atoms. The van der Waals surface area contributed by atoms with E-state index in [4.69, 9.17) is 0 Å². The van der Waals surface area contributed by atoms with E-state index in [1.54, 1.807) is 26.0 Å². The second-order valence-electron chi connectivity index (χ2n) is 9.51. The Morgan fingerprint density at radius 2 is 1.63 bits per heavy atom. The number of carbonyl (C=O) groups excluding carboxylic acids is 1. The number of halogens is 4. The number of aromatic carboxylic acids is 1. The lowest BCUT2D eigenvalue weighted by Crippen LogP contribution is -2.16. The van der Waals surface area contributed by atoms with Crippen molar-refractivity contribution in [3.63, 3.8) is 0 Å². The number of phenols is 1. The lowest BCUT2D eigenvalue weighted by molar-refractivity contribution is -0.137. The Hall–Kier alpha value is -5.19. The number of amides is 1. The van der Waals surface area contributed by atoms with Crippen molar-refractivity contribution in [1.82, 2.24) is 0 Å². The van der Waals surface area contributed by atoms with Crippen molar-refractivity contribution in [2.24, 2.45) is 5.10 Å². The number of phenolic OH excluding ortho intramolecular Hbond substituents is 1. The van der Waals surface area contributed by atoms with Gasteiger partial charge in [-0.05, 0) is 55.3 Å². The molecule has 1 aliphatic rings. The maximum Gasteiger partial charge on any atom is 0.417 e. The van der Waals surface area contributed by atoms with Gasteiger partial charge in [-0.15, -0.1) is 0 Å². The Kier molecular flexibility index (Phi) is 6.74. The standard InChI is InChI=1S/C30H21F4N3O4/c1-14-10-15(2)12-17(11-14)24-21(30(32,33)34)8-7-19-25(24)35-28(39)26(19)37-36-23-5-3-4-18(27(23)38)16-6-9-22(31)20(13-16)29(40)41/h3-13,36,38H,1-2H3,(H,40,41)(H,35,37,39). The number of alkyl halides is 3. The third kappa shape index (κ3) is 5.09. The number of benzene rings is 4. The number of aromatic hydroxyl groups is 1. The Bertz CT molecular complexity index is 1760. The molecule has 0 unspecified atom stereocenters. The summed E-state index contributed by atoms with van der Waals surface area (Å²) in [6.07, 6.45) is -4.70. The highest BCUT2D eigenvalue weighted by atomic mass is 19.4. The molecule has 0 spiro atoms. The first-order valence-electron chi connectivity index (χ1n) is 12.2. The fourth-order valence-electron chi connectivity index (χ4n) is 4.83. The molecule has 0 aromatic heterocycles. The van der Waals surface area contributed by atoms with Crippen LogP contribution in [0.1, 0.15) is 32.6 Å². The van der Waals surface area contributed by atoms with Gasteiger partial charge < -0.3 is 15.5 Å². The molecule has 0 atom stereocenters. The van der Waals surface area contributed by atoms with Crippen molar-refractivity contribution >= 4 is 29.0 Å². The summed E-state index contributed by atoms with van der Waals surface area (Å²) >= 11 is 0. The van der Waals surface area contributed by atoms with E-state index in [1.165, 1.54) is 24.3 Å². The van der Waals surface area contributed by atoms with Crippen LogP contribution in [0.15, 0.2) is 71.8 Å². The number of hydrogen-bond donors (Lipinski definition) is 4. The first-order chi connectivity index (χ1) is 19.3. The summed E-state index contributed by atoms with van der Waals surface area (Å²) in [5.41, 5.74) is 2.92. The van der Waals surface area contributed by atoms with E-state index < -0.39 is 35.0 Å². The third-order valence-corrected chi connectivity index (χ3v) is 6.56. The Labute approximate surface area is 230 Å². The van der Waals surface area contributed by atoms with Crippen molar-refractivity contribution in [3.05, 3.63) is 100 Å². The number of anilines is 2. The van der Waals surface area contributed by atoms with Gasteiger partial charge in [0.05, 0.1) is 22.5 Å². The number of rotatable bonds is 5. The summed E-state index contributed by atoms with van der Waals surface area (Å²) in [4.78, 5) is 24.2. The fraction of sp³-hybridized carbons (Fsp3) is 0.100. The Morgan fingerprint density at radius 3 is 2.29 bits per heavy atom. The number of nitrogens with zero attached hydrogens (tertiary/aromatic N) is 1. The van der Waals surface area contributed by atoms with Gasteiger partial charge in [-0.2, -0.15) is 18.3 Å². The molecule has 0 radical (unpaired) electrons. The minimum absolute atomic E-state index is 0.0129. The highest BCUT2D eigenvalue weighted by molar-refractivity contribution is 6.54. The second kappa shape index (κ2) is 10.1. The Morgan fingerprint density at radius 1 is 0.927 bits per heavy atom. The van der Waals surface area contributed by atoms with E-state index in [1.807, 2.05) is 6.07 Å². The number of fused-ring (bicyclic) bond motifs is 1. The minimum Gasteiger partial charge on any atom is -0.505 e. The topological polar surface area (TPSA) is 111 Å². The molecule has 0 fully saturated rings. The molecule has 0 bridgehead atoms. The molecular formula is C30H21F4N3O4. The lowest BCUT2D eigenvalue weighted by Gasteiger charge is -2.17. The van der Waals surface area contributed by atoms with Crippen molar-refractivity contribution in [1.29, 1.82) is 0 Å². The van der Waals surface area contributed by atoms with Crippen LogP contribution in [0, 0.1) is 19.7 Å². The van der Waals surface area contributed by atoms with E-state index in [0.717, 1.165) is 35.4 Å². The number of carboxylic acid groups (broad SMARTS) is 1. The average Bonchev–Trinajstić information content (AvgIpc) is 3.21. The van der Waals surface area contributed by atoms with Crippen molar-refractivity contribution in [3.8, 4) is 28.0 Å². The molecule has 0 saturated carbocycles. The van der Waals surface area contributed by atoms with Crippen molar-refractivity contribution in [2.45, 2.75) is 20.0 Å². The maximum atomic E-state index is 14.0. The zero-order valence-electron chi connectivity index (χ0n) is 21.5. The molecule has 4 N–H and O–H groups in total. The monoisotopic (exact) mass is 563 g/mol. The molecule has 208 valence electrons. The van der Waals surface area contributed by atoms with Crippen molar-refractivity contribution < 1.29 is 37.4 Å². The molecule has 1 heterocycles. The van der Waals surface area contributed by atoms with Crippen LogP contribution >= 0.6 is 0 Å². The number of hydrazone groups is 1. The van der Waals surface area contributed by atoms with E-state index in [0.29, 0.717) is 0 Å². The predicted octanol–water partition coefficient (Wildman–Crippen LogP) is 6.97. The molecule has 11 heteroatoms. The minimum atomic E-state index is -4.70. The van der Waals surface area contributed by atoms with Gasteiger partial charge in [-0.1, -0.05) is 47.5 Å². The van der Waals surface area contributed by atoms with Crippen LogP contribution < -0.4 is 10.7 Å². The third-order valence-electron chi connectivity index (χ3n) is 6.56. The number of carbonyl (C=O) groups is 2. The zero-order valence-corrected chi connectivity index (χ0v) is 21.5. The highest BCUT2D eigenvalue weighted by Crippen LogP contribution is 2.45. The number of carboxylic acids is 1. The van der Waals surface area contributed by atoms with Gasteiger partial charge in [0.2, 0.25) is 0 Å². The van der Waals surface area contributed by atoms with Crippen LogP contribution in [-0.2, 0) is 11.0 Å². The summed E-state index contributed by atoms with van der Waals surface area (Å²) in [5.74, 6) is -3.55. The highest BCUT2D eigenvalue weighted by Gasteiger charge is 2.39. The van der Waals surface area contributed by atoms with Crippen LogP contribution in [-0.4, -0.2) is 27.8 Å². The zero-order chi connectivity index (χ0) is 29.6. The van der Waals surface area contributed by atoms with Gasteiger partial charge in [-0.25, -0.2) is 9.18 Å². The number of para-hydroxylation sites is 1. The molecule has 7 nitrogen and oxygen atoms in total. The SMILES string of the molecule is Cc1cc(C)cc(-c2c(C(F)(F)F)ccc3c2NC(=O)C3=NNc2cccc(-c3ccc(F)c(C(=O)O)c3)c2O)c1. The van der Waals surface area contributed by atoms with Gasteiger partial charge in [0.25, 0.3) is 5.91 Å². The van der Waals surface area contributed by atoms with E-state index in [9.17, 15) is 37.4 Å². The summed E-state index contributed by atoms with van der Waals surface area (Å²) < 4.78 is 56.0. The van der Waals surface area contributed by atoms with Crippen LogP contribution in [0.4, 0.5) is 28.9 Å². The molecule has 0 aliphatic carbocycles. The predicted molar refractivity (Wildman–Crippen MR) is 146 cm³/mol. The molecule has 1 aliphatic heterocycles.